The highest BCUT2D eigenvalue weighted by molar-refractivity contribution is 5.65. The summed E-state index contributed by atoms with van der Waals surface area (Å²) >= 11 is 0. The Hall–Kier alpha value is -1.26. The molecule has 4 nitrogen and oxygen atoms in total. The molecule has 0 aliphatic heterocycles. The number of hydrogen-bond donors (Lipinski definition) is 4. The topological polar surface area (TPSA) is 78.5 Å². The average molecular weight is 182 g/mol. The molecular weight excluding hydrogens is 168 g/mol. The second-order valence-corrected chi connectivity index (χ2v) is 2.93. The van der Waals surface area contributed by atoms with E-state index in [4.69, 9.17) is 15.9 Å². The fourth-order valence-corrected chi connectivity index (χ4v) is 0.948. The Morgan fingerprint density at radius 1 is 1.31 bits per heavy atom. The molecule has 1 atom stereocenters. The molecule has 0 amide bonds. The van der Waals surface area contributed by atoms with Crippen molar-refractivity contribution in [3.8, 4) is 0 Å². The molecule has 1 aromatic rings. The van der Waals surface area contributed by atoms with Gasteiger partial charge in [-0.3, -0.25) is 0 Å². The Balaban J connectivity index is 2.69. The van der Waals surface area contributed by atoms with Gasteiger partial charge in [-0.15, -0.1) is 0 Å². The molecule has 0 saturated heterocycles. The van der Waals surface area contributed by atoms with Gasteiger partial charge in [0.1, 0.15) is 0 Å². The minimum atomic E-state index is -1.39. The molecule has 1 rings (SSSR count). The summed E-state index contributed by atoms with van der Waals surface area (Å²) in [6.07, 6.45) is -1.39. The third-order valence-electron chi connectivity index (χ3n) is 1.79. The summed E-state index contributed by atoms with van der Waals surface area (Å²) in [6, 6.07) is 6.74. The minimum absolute atomic E-state index is 0.440. The maximum atomic E-state index is 8.83. The Morgan fingerprint density at radius 2 is 1.92 bits per heavy atom. The van der Waals surface area contributed by atoms with E-state index in [0.29, 0.717) is 11.4 Å². The van der Waals surface area contributed by atoms with Crippen molar-refractivity contribution in [1.29, 1.82) is 0 Å². The SMILES string of the molecule is C[C@@H](Nc1ccccc1N)C(O)O. The first kappa shape index (κ1) is 9.83. The van der Waals surface area contributed by atoms with Gasteiger partial charge >= 0.3 is 0 Å². The number of para-hydroxylation sites is 2. The Morgan fingerprint density at radius 3 is 2.46 bits per heavy atom. The van der Waals surface area contributed by atoms with Crippen molar-refractivity contribution >= 4 is 11.4 Å². The summed E-state index contributed by atoms with van der Waals surface area (Å²) in [6.45, 7) is 1.66. The number of hydrogen-bond acceptors (Lipinski definition) is 4. The van der Waals surface area contributed by atoms with Gasteiger partial charge in [0.15, 0.2) is 6.29 Å². The maximum Gasteiger partial charge on any atom is 0.171 e. The number of rotatable bonds is 3. The summed E-state index contributed by atoms with van der Waals surface area (Å²) in [7, 11) is 0. The zero-order valence-corrected chi connectivity index (χ0v) is 7.44. The van der Waals surface area contributed by atoms with Crippen LogP contribution in [-0.4, -0.2) is 22.5 Å². The Labute approximate surface area is 77.0 Å². The molecule has 0 bridgehead atoms. The summed E-state index contributed by atoms with van der Waals surface area (Å²) in [5.74, 6) is 0. The van der Waals surface area contributed by atoms with E-state index in [1.807, 2.05) is 12.1 Å². The van der Waals surface area contributed by atoms with Crippen LogP contribution >= 0.6 is 0 Å². The molecule has 72 valence electrons. The van der Waals surface area contributed by atoms with E-state index in [-0.39, 0.29) is 0 Å². The van der Waals surface area contributed by atoms with Gasteiger partial charge in [-0.2, -0.15) is 0 Å². The van der Waals surface area contributed by atoms with Crippen molar-refractivity contribution in [2.75, 3.05) is 11.1 Å². The molecular formula is C9H14N2O2. The fraction of sp³-hybridized carbons (Fsp3) is 0.333. The minimum Gasteiger partial charge on any atom is -0.397 e. The van der Waals surface area contributed by atoms with Crippen molar-refractivity contribution < 1.29 is 10.2 Å². The van der Waals surface area contributed by atoms with Crippen LogP contribution in [0.15, 0.2) is 24.3 Å². The van der Waals surface area contributed by atoms with Gasteiger partial charge < -0.3 is 21.3 Å². The lowest BCUT2D eigenvalue weighted by molar-refractivity contribution is -0.0491. The quantitative estimate of drug-likeness (QED) is 0.402. The van der Waals surface area contributed by atoms with Gasteiger partial charge in [0.25, 0.3) is 0 Å². The highest BCUT2D eigenvalue weighted by atomic mass is 16.5. The number of nitrogens with two attached hydrogens (primary N) is 1. The van der Waals surface area contributed by atoms with Gasteiger partial charge in [0.05, 0.1) is 17.4 Å². The predicted molar refractivity (Wildman–Crippen MR) is 52.2 cm³/mol. The summed E-state index contributed by atoms with van der Waals surface area (Å²) < 4.78 is 0. The van der Waals surface area contributed by atoms with Gasteiger partial charge in [-0.25, -0.2) is 0 Å². The van der Waals surface area contributed by atoms with Crippen LogP contribution in [0.25, 0.3) is 0 Å². The molecule has 0 aromatic heterocycles. The number of nitrogens with one attached hydrogen (secondary N) is 1. The van der Waals surface area contributed by atoms with Crippen LogP contribution in [0.2, 0.25) is 0 Å². The first-order valence-corrected chi connectivity index (χ1v) is 4.08. The molecule has 1 aromatic carbocycles. The van der Waals surface area contributed by atoms with Crippen molar-refractivity contribution in [3.05, 3.63) is 24.3 Å². The van der Waals surface area contributed by atoms with E-state index in [1.54, 1.807) is 19.1 Å². The zero-order chi connectivity index (χ0) is 9.84. The number of aliphatic hydroxyl groups is 2. The largest absolute Gasteiger partial charge is 0.397 e. The van der Waals surface area contributed by atoms with Gasteiger partial charge in [-0.1, -0.05) is 12.1 Å². The summed E-state index contributed by atoms with van der Waals surface area (Å²) in [5.41, 5.74) is 6.95. The third-order valence-corrected chi connectivity index (χ3v) is 1.79. The maximum absolute atomic E-state index is 8.83. The molecule has 4 heteroatoms. The molecule has 0 fully saturated rings. The first-order valence-electron chi connectivity index (χ1n) is 4.08. The van der Waals surface area contributed by atoms with Crippen LogP contribution < -0.4 is 11.1 Å². The second kappa shape index (κ2) is 4.11. The number of benzene rings is 1. The second-order valence-electron chi connectivity index (χ2n) is 2.93. The van der Waals surface area contributed by atoms with Crippen LogP contribution in [0.1, 0.15) is 6.92 Å². The van der Waals surface area contributed by atoms with E-state index in [1.165, 1.54) is 0 Å². The molecule has 0 aliphatic rings. The fourth-order valence-electron chi connectivity index (χ4n) is 0.948. The molecule has 0 radical (unpaired) electrons. The molecule has 0 heterocycles. The van der Waals surface area contributed by atoms with E-state index >= 15 is 0 Å². The smallest absolute Gasteiger partial charge is 0.171 e. The standard InChI is InChI=1S/C9H14N2O2/c1-6(9(12)13)11-8-5-3-2-4-7(8)10/h2-6,9,11-13H,10H2,1H3/t6-/m1/s1. The van der Waals surface area contributed by atoms with Crippen molar-refractivity contribution in [1.82, 2.24) is 0 Å². The number of anilines is 2. The molecule has 0 saturated carbocycles. The Kier molecular flexibility index (Phi) is 3.11. The van der Waals surface area contributed by atoms with Crippen molar-refractivity contribution in [3.63, 3.8) is 0 Å². The van der Waals surface area contributed by atoms with Gasteiger partial charge in [0, 0.05) is 0 Å². The van der Waals surface area contributed by atoms with E-state index in [0.717, 1.165) is 0 Å². The van der Waals surface area contributed by atoms with Crippen molar-refractivity contribution in [2.45, 2.75) is 19.3 Å². The number of aliphatic hydroxyl groups excluding tert-OH is 1. The average Bonchev–Trinajstić information content (AvgIpc) is 2.08. The zero-order valence-electron chi connectivity index (χ0n) is 7.44. The van der Waals surface area contributed by atoms with E-state index in [2.05, 4.69) is 5.32 Å². The van der Waals surface area contributed by atoms with Crippen LogP contribution in [0.5, 0.6) is 0 Å². The lowest BCUT2D eigenvalue weighted by Gasteiger charge is -2.17. The number of nitrogen functional groups attached to an aromatic ring is 1. The predicted octanol–water partition coefficient (Wildman–Crippen LogP) is 0.380. The van der Waals surface area contributed by atoms with Gasteiger partial charge in [0.2, 0.25) is 0 Å². The molecule has 0 aliphatic carbocycles. The third kappa shape index (κ3) is 2.61. The van der Waals surface area contributed by atoms with Crippen molar-refractivity contribution in [2.24, 2.45) is 0 Å². The van der Waals surface area contributed by atoms with Crippen LogP contribution in [0.4, 0.5) is 11.4 Å². The van der Waals surface area contributed by atoms with E-state index < -0.39 is 12.3 Å². The lowest BCUT2D eigenvalue weighted by atomic mass is 10.2. The Bertz CT molecular complexity index is 276. The molecule has 5 N–H and O–H groups in total. The molecule has 0 unspecified atom stereocenters. The monoisotopic (exact) mass is 182 g/mol. The molecule has 13 heavy (non-hydrogen) atoms. The first-order chi connectivity index (χ1) is 6.11. The highest BCUT2D eigenvalue weighted by Gasteiger charge is 2.10. The van der Waals surface area contributed by atoms with E-state index in [9.17, 15) is 0 Å². The summed E-state index contributed by atoms with van der Waals surface area (Å²) in [5, 5.41) is 20.5. The van der Waals surface area contributed by atoms with Crippen LogP contribution in [0, 0.1) is 0 Å². The van der Waals surface area contributed by atoms with Gasteiger partial charge in [-0.05, 0) is 19.1 Å². The van der Waals surface area contributed by atoms with Crippen LogP contribution in [0.3, 0.4) is 0 Å². The summed E-state index contributed by atoms with van der Waals surface area (Å²) in [4.78, 5) is 0. The molecule has 0 spiro atoms. The lowest BCUT2D eigenvalue weighted by Crippen LogP contribution is -2.30. The van der Waals surface area contributed by atoms with Crippen LogP contribution in [-0.2, 0) is 0 Å². The normalized spacial score (nSPS) is 12.9. The highest BCUT2D eigenvalue weighted by Crippen LogP contribution is 2.17.